The molecule has 1 unspecified atom stereocenters. The van der Waals surface area contributed by atoms with E-state index >= 15 is 0 Å². The van der Waals surface area contributed by atoms with Crippen molar-refractivity contribution in [3.63, 3.8) is 0 Å². The minimum atomic E-state index is -0.198. The van der Waals surface area contributed by atoms with Crippen molar-refractivity contribution in [3.05, 3.63) is 65.0 Å². The molecule has 0 radical (unpaired) electrons. The van der Waals surface area contributed by atoms with Crippen LogP contribution in [0, 0.1) is 12.7 Å². The Morgan fingerprint density at radius 1 is 1.21 bits per heavy atom. The van der Waals surface area contributed by atoms with Crippen molar-refractivity contribution < 1.29 is 4.39 Å². The summed E-state index contributed by atoms with van der Waals surface area (Å²) >= 11 is 6.15. The number of hydrogen-bond acceptors (Lipinski definition) is 1. The Kier molecular flexibility index (Phi) is 4.43. The summed E-state index contributed by atoms with van der Waals surface area (Å²) < 4.78 is 13.0. The summed E-state index contributed by atoms with van der Waals surface area (Å²) in [7, 11) is 0. The second-order valence-electron chi connectivity index (χ2n) is 4.63. The van der Waals surface area contributed by atoms with Gasteiger partial charge in [-0.15, -0.1) is 11.6 Å². The van der Waals surface area contributed by atoms with Crippen molar-refractivity contribution in [2.24, 2.45) is 0 Å². The van der Waals surface area contributed by atoms with Crippen LogP contribution in [0.4, 0.5) is 10.1 Å². The van der Waals surface area contributed by atoms with Crippen molar-refractivity contribution in [2.75, 3.05) is 5.32 Å². The Bertz CT molecular complexity index is 566. The quantitative estimate of drug-likeness (QED) is 0.772. The van der Waals surface area contributed by atoms with E-state index in [1.165, 1.54) is 6.07 Å². The fourth-order valence-electron chi connectivity index (χ4n) is 2.05. The Morgan fingerprint density at radius 3 is 2.63 bits per heavy atom. The second-order valence-corrected chi connectivity index (χ2v) is 5.28. The SMILES string of the molecule is Cc1cc(F)ccc1CNc1ccccc1C(C)Cl. The molecule has 0 aliphatic heterocycles. The van der Waals surface area contributed by atoms with Gasteiger partial charge in [0.05, 0.1) is 5.38 Å². The molecule has 0 amide bonds. The van der Waals surface area contributed by atoms with Gasteiger partial charge < -0.3 is 5.32 Å². The summed E-state index contributed by atoms with van der Waals surface area (Å²) in [5.74, 6) is -0.198. The molecule has 0 spiro atoms. The molecule has 0 saturated carbocycles. The van der Waals surface area contributed by atoms with Gasteiger partial charge in [-0.1, -0.05) is 24.3 Å². The highest BCUT2D eigenvalue weighted by Crippen LogP contribution is 2.27. The molecule has 3 heteroatoms. The van der Waals surface area contributed by atoms with Crippen LogP contribution in [0.5, 0.6) is 0 Å². The van der Waals surface area contributed by atoms with Crippen LogP contribution in [-0.2, 0) is 6.54 Å². The van der Waals surface area contributed by atoms with Gasteiger partial charge in [0.15, 0.2) is 0 Å². The van der Waals surface area contributed by atoms with Crippen molar-refractivity contribution in [1.29, 1.82) is 0 Å². The molecule has 0 heterocycles. The fourth-order valence-corrected chi connectivity index (χ4v) is 2.24. The van der Waals surface area contributed by atoms with E-state index in [4.69, 9.17) is 11.6 Å². The Balaban J connectivity index is 2.14. The van der Waals surface area contributed by atoms with Crippen molar-refractivity contribution in [2.45, 2.75) is 25.8 Å². The number of rotatable bonds is 4. The summed E-state index contributed by atoms with van der Waals surface area (Å²) in [5, 5.41) is 3.32. The third-order valence-corrected chi connectivity index (χ3v) is 3.40. The van der Waals surface area contributed by atoms with Crippen LogP contribution in [0.25, 0.3) is 0 Å². The lowest BCUT2D eigenvalue weighted by molar-refractivity contribution is 0.625. The van der Waals surface area contributed by atoms with E-state index in [-0.39, 0.29) is 11.2 Å². The van der Waals surface area contributed by atoms with E-state index in [9.17, 15) is 4.39 Å². The molecule has 19 heavy (non-hydrogen) atoms. The van der Waals surface area contributed by atoms with E-state index in [0.717, 1.165) is 22.4 Å². The summed E-state index contributed by atoms with van der Waals surface area (Å²) in [4.78, 5) is 0. The maximum absolute atomic E-state index is 13.0. The topological polar surface area (TPSA) is 12.0 Å². The zero-order chi connectivity index (χ0) is 13.8. The fraction of sp³-hybridized carbons (Fsp3) is 0.250. The molecular formula is C16H17ClFN. The first kappa shape index (κ1) is 13.9. The Hall–Kier alpha value is -1.54. The van der Waals surface area contributed by atoms with Gasteiger partial charge in [-0.3, -0.25) is 0 Å². The maximum Gasteiger partial charge on any atom is 0.123 e. The van der Waals surface area contributed by atoms with Crippen molar-refractivity contribution >= 4 is 17.3 Å². The molecule has 2 rings (SSSR count). The van der Waals surface area contributed by atoms with Gasteiger partial charge >= 0.3 is 0 Å². The summed E-state index contributed by atoms with van der Waals surface area (Å²) in [6, 6.07) is 12.8. The molecule has 0 fully saturated rings. The minimum absolute atomic E-state index is 0.0435. The van der Waals surface area contributed by atoms with Crippen LogP contribution in [0.15, 0.2) is 42.5 Å². The number of hydrogen-bond donors (Lipinski definition) is 1. The first-order chi connectivity index (χ1) is 9.08. The molecule has 0 aliphatic carbocycles. The van der Waals surface area contributed by atoms with Crippen LogP contribution >= 0.6 is 11.6 Å². The summed E-state index contributed by atoms with van der Waals surface area (Å²) in [6.45, 7) is 4.52. The van der Waals surface area contributed by atoms with E-state index in [0.29, 0.717) is 6.54 Å². The standard InChI is InChI=1S/C16H17ClFN/c1-11-9-14(18)8-7-13(11)10-19-16-6-4-3-5-15(16)12(2)17/h3-9,12,19H,10H2,1-2H3. The van der Waals surface area contributed by atoms with Crippen LogP contribution in [0.2, 0.25) is 0 Å². The zero-order valence-corrected chi connectivity index (χ0v) is 11.8. The third kappa shape index (κ3) is 3.48. The Morgan fingerprint density at radius 2 is 1.95 bits per heavy atom. The smallest absolute Gasteiger partial charge is 0.123 e. The Labute approximate surface area is 118 Å². The average molecular weight is 278 g/mol. The van der Waals surface area contributed by atoms with Crippen LogP contribution < -0.4 is 5.32 Å². The first-order valence-electron chi connectivity index (χ1n) is 6.30. The number of para-hydroxylation sites is 1. The zero-order valence-electron chi connectivity index (χ0n) is 11.1. The number of aryl methyl sites for hydroxylation is 1. The number of benzene rings is 2. The van der Waals surface area contributed by atoms with Gasteiger partial charge in [0, 0.05) is 12.2 Å². The van der Waals surface area contributed by atoms with Gasteiger partial charge in [0.25, 0.3) is 0 Å². The minimum Gasteiger partial charge on any atom is -0.381 e. The molecule has 100 valence electrons. The molecule has 1 N–H and O–H groups in total. The van der Waals surface area contributed by atoms with E-state index < -0.39 is 0 Å². The first-order valence-corrected chi connectivity index (χ1v) is 6.73. The normalized spacial score (nSPS) is 12.2. The van der Waals surface area contributed by atoms with Crippen LogP contribution in [0.1, 0.15) is 29.0 Å². The predicted octanol–water partition coefficient (Wildman–Crippen LogP) is 5.05. The predicted molar refractivity (Wildman–Crippen MR) is 79.2 cm³/mol. The van der Waals surface area contributed by atoms with E-state index in [1.54, 1.807) is 6.07 Å². The molecular weight excluding hydrogens is 261 g/mol. The molecule has 1 atom stereocenters. The van der Waals surface area contributed by atoms with Gasteiger partial charge in [-0.2, -0.15) is 0 Å². The summed E-state index contributed by atoms with van der Waals surface area (Å²) in [5.41, 5.74) is 4.12. The van der Waals surface area contributed by atoms with Gasteiger partial charge in [-0.25, -0.2) is 4.39 Å². The second kappa shape index (κ2) is 6.07. The van der Waals surface area contributed by atoms with Gasteiger partial charge in [0.2, 0.25) is 0 Å². The van der Waals surface area contributed by atoms with Crippen molar-refractivity contribution in [1.82, 2.24) is 0 Å². The molecule has 0 saturated heterocycles. The highest BCUT2D eigenvalue weighted by atomic mass is 35.5. The maximum atomic E-state index is 13.0. The largest absolute Gasteiger partial charge is 0.381 e. The highest BCUT2D eigenvalue weighted by Gasteiger charge is 2.07. The molecule has 1 nitrogen and oxygen atoms in total. The molecule has 2 aromatic carbocycles. The molecule has 0 bridgehead atoms. The number of anilines is 1. The third-order valence-electron chi connectivity index (χ3n) is 3.16. The van der Waals surface area contributed by atoms with Crippen LogP contribution in [-0.4, -0.2) is 0 Å². The summed E-state index contributed by atoms with van der Waals surface area (Å²) in [6.07, 6.45) is 0. The average Bonchev–Trinajstić information content (AvgIpc) is 2.38. The molecule has 2 aromatic rings. The lowest BCUT2D eigenvalue weighted by Crippen LogP contribution is -2.04. The number of nitrogens with one attached hydrogen (secondary N) is 1. The lowest BCUT2D eigenvalue weighted by Gasteiger charge is -2.14. The van der Waals surface area contributed by atoms with Crippen molar-refractivity contribution in [3.8, 4) is 0 Å². The monoisotopic (exact) mass is 277 g/mol. The molecule has 0 aliphatic rings. The highest BCUT2D eigenvalue weighted by molar-refractivity contribution is 6.21. The van der Waals surface area contributed by atoms with E-state index in [1.807, 2.05) is 44.2 Å². The number of alkyl halides is 1. The van der Waals surface area contributed by atoms with Gasteiger partial charge in [0.1, 0.15) is 5.82 Å². The van der Waals surface area contributed by atoms with E-state index in [2.05, 4.69) is 5.32 Å². The van der Waals surface area contributed by atoms with Crippen LogP contribution in [0.3, 0.4) is 0 Å². The lowest BCUT2D eigenvalue weighted by atomic mass is 10.1. The van der Waals surface area contributed by atoms with Gasteiger partial charge in [-0.05, 0) is 48.7 Å². The number of halogens is 2. The molecule has 0 aromatic heterocycles.